The fourth-order valence-corrected chi connectivity index (χ4v) is 3.98. The molecule has 1 amide bonds. The summed E-state index contributed by atoms with van der Waals surface area (Å²) in [4.78, 5) is 16.8. The number of nitrogens with zero attached hydrogens (tertiary/aromatic N) is 2. The number of piperidine rings is 1. The Morgan fingerprint density at radius 3 is 2.81 bits per heavy atom. The summed E-state index contributed by atoms with van der Waals surface area (Å²) < 4.78 is 19.4. The average molecular weight is 372 g/mol. The molecular weight excluding hydrogens is 343 g/mol. The molecule has 1 saturated heterocycles. The van der Waals surface area contributed by atoms with Crippen LogP contribution in [0.4, 0.5) is 4.39 Å². The molecule has 0 spiro atoms. The van der Waals surface area contributed by atoms with Crippen LogP contribution in [0.15, 0.2) is 34.7 Å². The number of benzene rings is 1. The van der Waals surface area contributed by atoms with Gasteiger partial charge in [-0.25, -0.2) is 4.39 Å². The predicted octanol–water partition coefficient (Wildman–Crippen LogP) is 4.06. The van der Waals surface area contributed by atoms with E-state index < -0.39 is 0 Å². The summed E-state index contributed by atoms with van der Waals surface area (Å²) in [5.41, 5.74) is 1.66. The molecule has 0 aliphatic carbocycles. The molecule has 1 aromatic heterocycles. The van der Waals surface area contributed by atoms with Crippen LogP contribution in [0.5, 0.6) is 0 Å². The van der Waals surface area contributed by atoms with Gasteiger partial charge in [0.2, 0.25) is 0 Å². The van der Waals surface area contributed by atoms with E-state index in [0.29, 0.717) is 18.2 Å². The molecule has 1 atom stereocenters. The SMILES string of the molecule is Cc1cc(C)c(C(=O)N(C)C[C@@H]2CCCN(CCc3ccccc3F)C2)o1. The highest BCUT2D eigenvalue weighted by atomic mass is 19.1. The van der Waals surface area contributed by atoms with Gasteiger partial charge in [0, 0.05) is 32.2 Å². The molecular formula is C22H29FN2O2. The number of likely N-dealkylation sites (tertiary alicyclic amines) is 1. The molecule has 1 aliphatic heterocycles. The minimum Gasteiger partial charge on any atom is -0.456 e. The summed E-state index contributed by atoms with van der Waals surface area (Å²) in [5.74, 6) is 1.47. The van der Waals surface area contributed by atoms with Gasteiger partial charge in [-0.15, -0.1) is 0 Å². The van der Waals surface area contributed by atoms with Crippen LogP contribution in [0.25, 0.3) is 0 Å². The second-order valence-corrected chi connectivity index (χ2v) is 7.71. The highest BCUT2D eigenvalue weighted by molar-refractivity contribution is 5.92. The second-order valence-electron chi connectivity index (χ2n) is 7.71. The molecule has 1 aliphatic rings. The van der Waals surface area contributed by atoms with Crippen LogP contribution in [0.1, 0.15) is 40.3 Å². The van der Waals surface area contributed by atoms with Crippen molar-refractivity contribution in [2.24, 2.45) is 5.92 Å². The second kappa shape index (κ2) is 8.70. The highest BCUT2D eigenvalue weighted by Crippen LogP contribution is 2.21. The maximum absolute atomic E-state index is 13.8. The molecule has 1 aromatic carbocycles. The van der Waals surface area contributed by atoms with Crippen molar-refractivity contribution in [3.8, 4) is 0 Å². The van der Waals surface area contributed by atoms with Crippen LogP contribution in [0.2, 0.25) is 0 Å². The van der Waals surface area contributed by atoms with Crippen LogP contribution >= 0.6 is 0 Å². The van der Waals surface area contributed by atoms with E-state index >= 15 is 0 Å². The molecule has 2 aromatic rings. The maximum Gasteiger partial charge on any atom is 0.289 e. The molecule has 146 valence electrons. The van der Waals surface area contributed by atoms with Gasteiger partial charge in [-0.05, 0) is 63.3 Å². The zero-order valence-corrected chi connectivity index (χ0v) is 16.5. The lowest BCUT2D eigenvalue weighted by atomic mass is 9.97. The van der Waals surface area contributed by atoms with E-state index in [4.69, 9.17) is 4.42 Å². The molecule has 2 heterocycles. The number of rotatable bonds is 6. The Kier molecular flexibility index (Phi) is 6.32. The fraction of sp³-hybridized carbons (Fsp3) is 0.500. The van der Waals surface area contributed by atoms with Crippen LogP contribution in [-0.2, 0) is 6.42 Å². The molecule has 0 N–H and O–H groups in total. The van der Waals surface area contributed by atoms with Crippen molar-refractivity contribution in [1.82, 2.24) is 9.80 Å². The summed E-state index contributed by atoms with van der Waals surface area (Å²) in [5, 5.41) is 0. The first-order valence-electron chi connectivity index (χ1n) is 9.72. The highest BCUT2D eigenvalue weighted by Gasteiger charge is 2.25. The minimum absolute atomic E-state index is 0.0518. The van der Waals surface area contributed by atoms with Gasteiger partial charge in [-0.3, -0.25) is 4.79 Å². The average Bonchev–Trinajstić information content (AvgIpc) is 2.99. The number of carbonyl (C=O) groups excluding carboxylic acids is 1. The number of halogens is 1. The van der Waals surface area contributed by atoms with Gasteiger partial charge in [-0.2, -0.15) is 0 Å². The lowest BCUT2D eigenvalue weighted by Gasteiger charge is -2.34. The van der Waals surface area contributed by atoms with Crippen molar-refractivity contribution in [1.29, 1.82) is 0 Å². The van der Waals surface area contributed by atoms with E-state index in [2.05, 4.69) is 4.90 Å². The molecule has 27 heavy (non-hydrogen) atoms. The Labute approximate surface area is 161 Å². The van der Waals surface area contributed by atoms with Crippen molar-refractivity contribution in [2.45, 2.75) is 33.1 Å². The number of hydrogen-bond acceptors (Lipinski definition) is 3. The van der Waals surface area contributed by atoms with E-state index in [1.165, 1.54) is 6.07 Å². The smallest absolute Gasteiger partial charge is 0.289 e. The van der Waals surface area contributed by atoms with Crippen molar-refractivity contribution < 1.29 is 13.6 Å². The van der Waals surface area contributed by atoms with E-state index in [0.717, 1.165) is 55.8 Å². The first kappa shape index (κ1) is 19.6. The lowest BCUT2D eigenvalue weighted by Crippen LogP contribution is -2.42. The zero-order chi connectivity index (χ0) is 19.4. The minimum atomic E-state index is -0.125. The molecule has 0 bridgehead atoms. The van der Waals surface area contributed by atoms with Gasteiger partial charge < -0.3 is 14.2 Å². The van der Waals surface area contributed by atoms with Crippen LogP contribution in [0.3, 0.4) is 0 Å². The van der Waals surface area contributed by atoms with Crippen molar-refractivity contribution >= 4 is 5.91 Å². The van der Waals surface area contributed by atoms with Gasteiger partial charge in [0.25, 0.3) is 5.91 Å². The molecule has 0 radical (unpaired) electrons. The maximum atomic E-state index is 13.8. The molecule has 4 nitrogen and oxygen atoms in total. The van der Waals surface area contributed by atoms with Crippen LogP contribution in [0, 0.1) is 25.6 Å². The number of furan rings is 1. The lowest BCUT2D eigenvalue weighted by molar-refractivity contribution is 0.0697. The van der Waals surface area contributed by atoms with Gasteiger partial charge >= 0.3 is 0 Å². The standard InChI is InChI=1S/C22H29FN2O2/c1-16-13-17(2)27-21(16)22(26)24(3)14-18-7-6-11-25(15-18)12-10-19-8-4-5-9-20(19)23/h4-5,8-9,13,18H,6-7,10-12,14-15H2,1-3H3/t18-/m0/s1. The number of aryl methyl sites for hydroxylation is 2. The molecule has 3 rings (SSSR count). The van der Waals surface area contributed by atoms with Gasteiger partial charge in [-0.1, -0.05) is 18.2 Å². The van der Waals surface area contributed by atoms with Crippen LogP contribution < -0.4 is 0 Å². The number of amides is 1. The first-order chi connectivity index (χ1) is 12.9. The third-order valence-corrected chi connectivity index (χ3v) is 5.37. The Morgan fingerprint density at radius 1 is 1.33 bits per heavy atom. The topological polar surface area (TPSA) is 36.7 Å². The largest absolute Gasteiger partial charge is 0.456 e. The molecule has 0 unspecified atom stereocenters. The molecule has 0 saturated carbocycles. The Hall–Kier alpha value is -2.14. The van der Waals surface area contributed by atoms with Gasteiger partial charge in [0.15, 0.2) is 5.76 Å². The summed E-state index contributed by atoms with van der Waals surface area (Å²) in [6, 6.07) is 8.89. The first-order valence-corrected chi connectivity index (χ1v) is 9.72. The van der Waals surface area contributed by atoms with E-state index in [9.17, 15) is 9.18 Å². The quantitative estimate of drug-likeness (QED) is 0.767. The summed E-state index contributed by atoms with van der Waals surface area (Å²) >= 11 is 0. The predicted molar refractivity (Wildman–Crippen MR) is 104 cm³/mol. The van der Waals surface area contributed by atoms with E-state index in [-0.39, 0.29) is 11.7 Å². The summed E-state index contributed by atoms with van der Waals surface area (Å²) in [6.07, 6.45) is 2.95. The molecule has 5 heteroatoms. The third kappa shape index (κ3) is 4.98. The zero-order valence-electron chi connectivity index (χ0n) is 16.5. The van der Waals surface area contributed by atoms with Crippen molar-refractivity contribution in [3.05, 3.63) is 58.8 Å². The third-order valence-electron chi connectivity index (χ3n) is 5.37. The van der Waals surface area contributed by atoms with Crippen LogP contribution in [-0.4, -0.2) is 48.9 Å². The van der Waals surface area contributed by atoms with Gasteiger partial charge in [0.1, 0.15) is 11.6 Å². The fourth-order valence-electron chi connectivity index (χ4n) is 3.98. The summed E-state index contributed by atoms with van der Waals surface area (Å²) in [6.45, 7) is 7.32. The van der Waals surface area contributed by atoms with E-state index in [1.807, 2.05) is 39.1 Å². The molecule has 1 fully saturated rings. The van der Waals surface area contributed by atoms with Gasteiger partial charge in [0.05, 0.1) is 0 Å². The number of hydrogen-bond donors (Lipinski definition) is 0. The van der Waals surface area contributed by atoms with Crippen molar-refractivity contribution in [3.63, 3.8) is 0 Å². The summed E-state index contributed by atoms with van der Waals surface area (Å²) in [7, 11) is 1.85. The van der Waals surface area contributed by atoms with Crippen molar-refractivity contribution in [2.75, 3.05) is 33.2 Å². The normalized spacial score (nSPS) is 17.9. The Balaban J connectivity index is 1.52. The number of carbonyl (C=O) groups is 1. The Morgan fingerprint density at radius 2 is 2.11 bits per heavy atom. The monoisotopic (exact) mass is 372 g/mol. The Bertz CT molecular complexity index is 786. The van der Waals surface area contributed by atoms with E-state index in [1.54, 1.807) is 11.0 Å².